The number of aliphatic carboxylic acids is 2. The van der Waals surface area contributed by atoms with E-state index < -0.39 is 24.3 Å². The SMILES string of the molecule is CC(C)N(C)CC1CCC2(COCCN(Cc3ccoc3)C2)O1.O=C(O)C(F)(F)F.O=C(O)C(F)(F)F. The maximum Gasteiger partial charge on any atom is 0.490 e. The summed E-state index contributed by atoms with van der Waals surface area (Å²) < 4.78 is 81.1. The molecule has 3 heterocycles. The van der Waals surface area contributed by atoms with Crippen LogP contribution in [0, 0.1) is 0 Å². The fourth-order valence-corrected chi connectivity index (χ4v) is 3.54. The summed E-state index contributed by atoms with van der Waals surface area (Å²) in [6.07, 6.45) is -4.07. The highest BCUT2D eigenvalue weighted by molar-refractivity contribution is 5.73. The minimum absolute atomic E-state index is 0.136. The quantitative estimate of drug-likeness (QED) is 0.531. The van der Waals surface area contributed by atoms with Crippen molar-refractivity contribution in [2.24, 2.45) is 0 Å². The molecule has 2 aliphatic rings. The van der Waals surface area contributed by atoms with Crippen molar-refractivity contribution in [2.45, 2.75) is 63.3 Å². The number of hydrogen-bond donors (Lipinski definition) is 2. The second-order valence-electron chi connectivity index (χ2n) is 9.00. The summed E-state index contributed by atoms with van der Waals surface area (Å²) in [5.41, 5.74) is 1.08. The third kappa shape index (κ3) is 12.2. The normalized spacial score (nSPS) is 22.7. The number of hydrogen-bond acceptors (Lipinski definition) is 7. The number of nitrogens with zero attached hydrogens (tertiary/aromatic N) is 2. The highest BCUT2D eigenvalue weighted by atomic mass is 19.4. The molecule has 1 aromatic rings. The minimum Gasteiger partial charge on any atom is -0.475 e. The molecule has 9 nitrogen and oxygen atoms in total. The highest BCUT2D eigenvalue weighted by Crippen LogP contribution is 2.34. The smallest absolute Gasteiger partial charge is 0.475 e. The monoisotopic (exact) mass is 550 g/mol. The number of likely N-dealkylation sites (N-methyl/N-ethyl adjacent to an activating group) is 1. The van der Waals surface area contributed by atoms with Crippen LogP contribution in [0.5, 0.6) is 0 Å². The lowest BCUT2D eigenvalue weighted by atomic mass is 10.00. The molecule has 214 valence electrons. The number of rotatable bonds is 5. The fourth-order valence-electron chi connectivity index (χ4n) is 3.54. The predicted molar refractivity (Wildman–Crippen MR) is 117 cm³/mol. The lowest BCUT2D eigenvalue weighted by Crippen LogP contribution is -2.45. The van der Waals surface area contributed by atoms with Gasteiger partial charge in [0.15, 0.2) is 0 Å². The maximum atomic E-state index is 10.6. The van der Waals surface area contributed by atoms with Crippen LogP contribution in [0.1, 0.15) is 32.3 Å². The Morgan fingerprint density at radius 2 is 1.73 bits per heavy atom. The summed E-state index contributed by atoms with van der Waals surface area (Å²) in [4.78, 5) is 22.6. The van der Waals surface area contributed by atoms with E-state index in [1.165, 1.54) is 5.56 Å². The van der Waals surface area contributed by atoms with Gasteiger partial charge in [-0.2, -0.15) is 26.3 Å². The van der Waals surface area contributed by atoms with Crippen LogP contribution in [0.2, 0.25) is 0 Å². The summed E-state index contributed by atoms with van der Waals surface area (Å²) in [7, 11) is 2.17. The first-order valence-corrected chi connectivity index (χ1v) is 11.2. The van der Waals surface area contributed by atoms with E-state index in [1.807, 2.05) is 12.3 Å². The molecule has 0 aromatic carbocycles. The summed E-state index contributed by atoms with van der Waals surface area (Å²) in [6, 6.07) is 2.59. The Bertz CT molecular complexity index is 808. The zero-order chi connectivity index (χ0) is 28.4. The molecule has 1 aromatic heterocycles. The van der Waals surface area contributed by atoms with Crippen molar-refractivity contribution in [1.82, 2.24) is 9.80 Å². The molecule has 2 aliphatic heterocycles. The van der Waals surface area contributed by atoms with Gasteiger partial charge in [-0.3, -0.25) is 4.90 Å². The molecule has 2 N–H and O–H groups in total. The zero-order valence-electron chi connectivity index (χ0n) is 20.6. The van der Waals surface area contributed by atoms with Gasteiger partial charge in [0.25, 0.3) is 0 Å². The predicted octanol–water partition coefficient (Wildman–Crippen LogP) is 3.64. The molecule has 2 saturated heterocycles. The van der Waals surface area contributed by atoms with Gasteiger partial charge in [-0.25, -0.2) is 9.59 Å². The number of alkyl halides is 6. The molecule has 15 heteroatoms. The summed E-state index contributed by atoms with van der Waals surface area (Å²) in [5.74, 6) is -5.51. The van der Waals surface area contributed by atoms with Crippen molar-refractivity contribution in [3.63, 3.8) is 0 Å². The Labute approximate surface area is 209 Å². The van der Waals surface area contributed by atoms with Gasteiger partial charge in [0.2, 0.25) is 0 Å². The Balaban J connectivity index is 0.000000404. The molecule has 0 aliphatic carbocycles. The van der Waals surface area contributed by atoms with Gasteiger partial charge in [0, 0.05) is 37.8 Å². The molecule has 3 rings (SSSR count). The van der Waals surface area contributed by atoms with E-state index in [2.05, 4.69) is 30.7 Å². The molecule has 1 spiro atoms. The first-order valence-electron chi connectivity index (χ1n) is 11.2. The lowest BCUT2D eigenvalue weighted by Gasteiger charge is -2.33. The largest absolute Gasteiger partial charge is 0.490 e. The Morgan fingerprint density at radius 1 is 1.16 bits per heavy atom. The van der Waals surface area contributed by atoms with Crippen molar-refractivity contribution in [3.05, 3.63) is 24.2 Å². The third-order valence-electron chi connectivity index (χ3n) is 5.61. The molecular formula is C22H32F6N2O7. The van der Waals surface area contributed by atoms with Crippen molar-refractivity contribution in [2.75, 3.05) is 39.9 Å². The molecule has 2 atom stereocenters. The topological polar surface area (TPSA) is 113 Å². The van der Waals surface area contributed by atoms with Crippen LogP contribution in [0.3, 0.4) is 0 Å². The number of ether oxygens (including phenoxy) is 2. The van der Waals surface area contributed by atoms with Gasteiger partial charge in [-0.15, -0.1) is 0 Å². The van der Waals surface area contributed by atoms with E-state index in [-0.39, 0.29) is 5.60 Å². The van der Waals surface area contributed by atoms with Crippen molar-refractivity contribution in [1.29, 1.82) is 0 Å². The maximum absolute atomic E-state index is 10.6. The van der Waals surface area contributed by atoms with E-state index in [4.69, 9.17) is 33.7 Å². The van der Waals surface area contributed by atoms with Crippen LogP contribution in [0.4, 0.5) is 26.3 Å². The average Bonchev–Trinajstić information content (AvgIpc) is 3.36. The molecule has 2 unspecified atom stereocenters. The minimum atomic E-state index is -5.08. The number of carbonyl (C=O) groups is 2. The van der Waals surface area contributed by atoms with Gasteiger partial charge in [0.05, 0.1) is 31.8 Å². The van der Waals surface area contributed by atoms with Gasteiger partial charge in [0.1, 0.15) is 5.60 Å². The third-order valence-corrected chi connectivity index (χ3v) is 5.61. The van der Waals surface area contributed by atoms with Gasteiger partial charge in [-0.1, -0.05) is 0 Å². The van der Waals surface area contributed by atoms with Crippen LogP contribution >= 0.6 is 0 Å². The number of carboxylic acid groups (broad SMARTS) is 2. The van der Waals surface area contributed by atoms with Crippen LogP contribution in [0.15, 0.2) is 23.0 Å². The Kier molecular flexibility index (Phi) is 12.3. The van der Waals surface area contributed by atoms with Gasteiger partial charge < -0.3 is 29.0 Å². The van der Waals surface area contributed by atoms with Crippen LogP contribution in [-0.4, -0.2) is 102 Å². The number of furan rings is 1. The average molecular weight is 550 g/mol. The molecule has 0 bridgehead atoms. The van der Waals surface area contributed by atoms with E-state index >= 15 is 0 Å². The van der Waals surface area contributed by atoms with E-state index in [1.54, 1.807) is 6.26 Å². The Hall–Kier alpha value is -2.36. The van der Waals surface area contributed by atoms with Crippen LogP contribution in [0.25, 0.3) is 0 Å². The second kappa shape index (κ2) is 14.0. The zero-order valence-corrected chi connectivity index (χ0v) is 20.6. The summed E-state index contributed by atoms with van der Waals surface area (Å²) >= 11 is 0. The molecule has 0 saturated carbocycles. The second-order valence-corrected chi connectivity index (χ2v) is 9.00. The molecule has 37 heavy (non-hydrogen) atoms. The lowest BCUT2D eigenvalue weighted by molar-refractivity contribution is -0.193. The first-order chi connectivity index (χ1) is 16.9. The van der Waals surface area contributed by atoms with Gasteiger partial charge in [-0.05, 0) is 39.8 Å². The van der Waals surface area contributed by atoms with E-state index in [9.17, 15) is 26.3 Å². The molecular weight excluding hydrogens is 518 g/mol. The number of halogens is 6. The molecule has 0 amide bonds. The van der Waals surface area contributed by atoms with E-state index in [0.29, 0.717) is 12.1 Å². The summed E-state index contributed by atoms with van der Waals surface area (Å²) in [6.45, 7) is 9.75. The summed E-state index contributed by atoms with van der Waals surface area (Å²) in [5, 5.41) is 14.2. The first kappa shape index (κ1) is 32.7. The number of carboxylic acids is 2. The van der Waals surface area contributed by atoms with Crippen LogP contribution in [-0.2, 0) is 25.6 Å². The molecule has 2 fully saturated rings. The van der Waals surface area contributed by atoms with Crippen LogP contribution < -0.4 is 0 Å². The molecule has 0 radical (unpaired) electrons. The van der Waals surface area contributed by atoms with Gasteiger partial charge >= 0.3 is 24.3 Å². The van der Waals surface area contributed by atoms with E-state index in [0.717, 1.165) is 52.2 Å². The van der Waals surface area contributed by atoms with Crippen molar-refractivity contribution >= 4 is 11.9 Å². The Morgan fingerprint density at radius 3 is 2.19 bits per heavy atom. The van der Waals surface area contributed by atoms with Crippen molar-refractivity contribution in [3.8, 4) is 0 Å². The fraction of sp³-hybridized carbons (Fsp3) is 0.727. The highest BCUT2D eigenvalue weighted by Gasteiger charge is 2.43. The van der Waals surface area contributed by atoms with Crippen molar-refractivity contribution < 1.29 is 60.0 Å². The standard InChI is InChI=1S/C18H30N2O3.2C2HF3O2/c1-15(2)19(3)11-17-4-6-18(23-17)13-20(7-9-22-14-18)10-16-5-8-21-12-16;2*3-2(4,5)1(6)7/h5,8,12,15,17H,4,6-7,9-11,13-14H2,1-3H3;2*(H,6,7).